The van der Waals surface area contributed by atoms with Crippen molar-refractivity contribution in [3.05, 3.63) is 59.7 Å². The average molecular weight is 485 g/mol. The number of ether oxygens (including phenoxy) is 1. The Morgan fingerprint density at radius 2 is 1.69 bits per heavy atom. The molecular weight excluding hydrogens is 463 g/mol. The van der Waals surface area contributed by atoms with Crippen LogP contribution in [0.25, 0.3) is 17.1 Å². The number of likely N-dealkylation sites (tertiary alicyclic amines) is 2. The molecule has 2 aromatic carbocycles. The van der Waals surface area contributed by atoms with Crippen LogP contribution >= 0.6 is 0 Å². The number of alkyl halides is 3. The summed E-state index contributed by atoms with van der Waals surface area (Å²) in [6.45, 7) is 2.38. The maximum absolute atomic E-state index is 13.0. The number of H-pyrrole nitrogens is 1. The third kappa shape index (κ3) is 5.13. The van der Waals surface area contributed by atoms with E-state index in [1.54, 1.807) is 29.2 Å². The second kappa shape index (κ2) is 9.05. The Labute approximate surface area is 198 Å². The topological polar surface area (TPSA) is 91.4 Å². The van der Waals surface area contributed by atoms with Gasteiger partial charge >= 0.3 is 6.36 Å². The van der Waals surface area contributed by atoms with Crippen LogP contribution in [0.2, 0.25) is 0 Å². The van der Waals surface area contributed by atoms with Crippen molar-refractivity contribution in [2.75, 3.05) is 26.2 Å². The number of piperidine rings is 1. The number of fused-ring (bicyclic) bond motifs is 2. The molecule has 0 spiro atoms. The predicted molar refractivity (Wildman–Crippen MR) is 120 cm³/mol. The molecule has 2 aliphatic heterocycles. The van der Waals surface area contributed by atoms with Gasteiger partial charge < -0.3 is 14.5 Å². The number of hydrogen-bond donors (Lipinski definition) is 1. The number of hydrogen-bond acceptors (Lipinski definition) is 5. The van der Waals surface area contributed by atoms with Gasteiger partial charge in [-0.05, 0) is 60.2 Å². The molecular formula is C24H22F3N5O3. The maximum Gasteiger partial charge on any atom is 0.573 e. The van der Waals surface area contributed by atoms with E-state index in [9.17, 15) is 22.8 Å². The quantitative estimate of drug-likeness (QED) is 0.572. The van der Waals surface area contributed by atoms with E-state index < -0.39 is 6.36 Å². The minimum absolute atomic E-state index is 0.0593. The highest BCUT2D eigenvalue weighted by Crippen LogP contribution is 2.32. The first kappa shape index (κ1) is 22.9. The second-order valence-electron chi connectivity index (χ2n) is 8.78. The molecule has 8 nitrogen and oxygen atoms in total. The Morgan fingerprint density at radius 3 is 2.46 bits per heavy atom. The zero-order valence-electron chi connectivity index (χ0n) is 18.5. The molecule has 2 amide bonds. The molecule has 2 saturated heterocycles. The van der Waals surface area contributed by atoms with Crippen molar-refractivity contribution in [3.8, 4) is 5.75 Å². The van der Waals surface area contributed by atoms with Crippen LogP contribution in [0.4, 0.5) is 13.2 Å². The van der Waals surface area contributed by atoms with E-state index >= 15 is 0 Å². The lowest BCUT2D eigenvalue weighted by atomic mass is 9.88. The number of halogens is 3. The molecule has 0 radical (unpaired) electrons. The normalized spacial score (nSPS) is 20.4. The van der Waals surface area contributed by atoms with Gasteiger partial charge in [-0.3, -0.25) is 9.59 Å². The highest BCUT2D eigenvalue weighted by molar-refractivity contribution is 5.97. The van der Waals surface area contributed by atoms with E-state index in [4.69, 9.17) is 0 Å². The molecule has 0 saturated carbocycles. The second-order valence-corrected chi connectivity index (χ2v) is 8.78. The summed E-state index contributed by atoms with van der Waals surface area (Å²) in [6.07, 6.45) is -0.938. The van der Waals surface area contributed by atoms with Gasteiger partial charge in [-0.2, -0.15) is 15.4 Å². The van der Waals surface area contributed by atoms with Gasteiger partial charge in [-0.25, -0.2) is 0 Å². The number of carbonyl (C=O) groups is 2. The molecule has 11 heteroatoms. The molecule has 1 N–H and O–H groups in total. The highest BCUT2D eigenvalue weighted by Gasteiger charge is 2.39. The smallest absolute Gasteiger partial charge is 0.406 e. The van der Waals surface area contributed by atoms with Gasteiger partial charge in [-0.15, -0.1) is 13.2 Å². The Hall–Kier alpha value is -3.89. The van der Waals surface area contributed by atoms with Crippen molar-refractivity contribution >= 4 is 28.9 Å². The molecule has 0 unspecified atom stereocenters. The van der Waals surface area contributed by atoms with E-state index in [-0.39, 0.29) is 23.5 Å². The van der Waals surface area contributed by atoms with Crippen LogP contribution in [0.3, 0.4) is 0 Å². The molecule has 0 aliphatic carbocycles. The lowest BCUT2D eigenvalue weighted by molar-refractivity contribution is -0.274. The van der Waals surface area contributed by atoms with Crippen molar-refractivity contribution in [2.24, 2.45) is 11.8 Å². The standard InChI is InChI=1S/C24H22F3N5O3/c25-24(26,27)35-19-5-1-15(2-6-19)3-8-22(33)32-12-17-9-10-31(13-18(17)14-32)23(34)16-4-7-20-21(11-16)29-30-28-20/h1-8,11,17-18H,9-10,12-14H2,(H,28,29,30)/b8-3+/t17-,18+/m0/s1. The van der Waals surface area contributed by atoms with Gasteiger partial charge in [0, 0.05) is 37.8 Å². The number of aromatic amines is 1. The predicted octanol–water partition coefficient (Wildman–Crippen LogP) is 3.49. The maximum atomic E-state index is 13.0. The van der Waals surface area contributed by atoms with Crippen LogP contribution in [0, 0.1) is 11.8 Å². The van der Waals surface area contributed by atoms with Crippen LogP contribution in [-0.2, 0) is 4.79 Å². The first-order chi connectivity index (χ1) is 16.7. The van der Waals surface area contributed by atoms with Crippen LogP contribution in [0.5, 0.6) is 5.75 Å². The van der Waals surface area contributed by atoms with Crippen LogP contribution in [-0.4, -0.2) is 69.6 Å². The lowest BCUT2D eigenvalue weighted by Gasteiger charge is -2.34. The van der Waals surface area contributed by atoms with Gasteiger partial charge in [-0.1, -0.05) is 12.1 Å². The number of nitrogens with one attached hydrogen (secondary N) is 1. The van der Waals surface area contributed by atoms with Crippen molar-refractivity contribution in [3.63, 3.8) is 0 Å². The van der Waals surface area contributed by atoms with Gasteiger partial charge in [0.25, 0.3) is 5.91 Å². The third-order valence-corrected chi connectivity index (χ3v) is 6.50. The summed E-state index contributed by atoms with van der Waals surface area (Å²) < 4.78 is 40.7. The fourth-order valence-electron chi connectivity index (χ4n) is 4.74. The molecule has 2 aliphatic rings. The number of benzene rings is 2. The summed E-state index contributed by atoms with van der Waals surface area (Å²) in [5, 5.41) is 10.6. The number of amides is 2. The summed E-state index contributed by atoms with van der Waals surface area (Å²) in [7, 11) is 0. The van der Waals surface area contributed by atoms with E-state index in [0.717, 1.165) is 6.42 Å². The fraction of sp³-hybridized carbons (Fsp3) is 0.333. The minimum atomic E-state index is -4.75. The zero-order chi connectivity index (χ0) is 24.6. The Kier molecular flexibility index (Phi) is 5.91. The largest absolute Gasteiger partial charge is 0.573 e. The lowest BCUT2D eigenvalue weighted by Crippen LogP contribution is -2.43. The summed E-state index contributed by atoms with van der Waals surface area (Å²) in [4.78, 5) is 29.4. The van der Waals surface area contributed by atoms with E-state index in [1.807, 2.05) is 4.90 Å². The van der Waals surface area contributed by atoms with Gasteiger partial charge in [0.2, 0.25) is 5.91 Å². The summed E-state index contributed by atoms with van der Waals surface area (Å²) >= 11 is 0. The Bertz CT molecular complexity index is 1270. The Balaban J connectivity index is 1.17. The molecule has 2 atom stereocenters. The van der Waals surface area contributed by atoms with Gasteiger partial charge in [0.05, 0.1) is 0 Å². The Morgan fingerprint density at radius 1 is 0.971 bits per heavy atom. The van der Waals surface area contributed by atoms with Crippen LogP contribution in [0.1, 0.15) is 22.3 Å². The van der Waals surface area contributed by atoms with Crippen LogP contribution in [0.15, 0.2) is 48.5 Å². The van der Waals surface area contributed by atoms with E-state index in [0.29, 0.717) is 54.3 Å². The molecule has 0 bridgehead atoms. The van der Waals surface area contributed by atoms with Crippen molar-refractivity contribution in [1.29, 1.82) is 0 Å². The molecule has 3 aromatic rings. The van der Waals surface area contributed by atoms with Gasteiger partial charge in [0.1, 0.15) is 16.8 Å². The molecule has 1 aromatic heterocycles. The van der Waals surface area contributed by atoms with E-state index in [1.165, 1.54) is 30.3 Å². The molecule has 3 heterocycles. The van der Waals surface area contributed by atoms with Gasteiger partial charge in [0.15, 0.2) is 0 Å². The molecule has 2 fully saturated rings. The summed E-state index contributed by atoms with van der Waals surface area (Å²) in [5.74, 6) is -0.0159. The third-order valence-electron chi connectivity index (χ3n) is 6.50. The molecule has 35 heavy (non-hydrogen) atoms. The molecule has 182 valence electrons. The average Bonchev–Trinajstić information content (AvgIpc) is 3.48. The number of rotatable bonds is 4. The fourth-order valence-corrected chi connectivity index (χ4v) is 4.74. The minimum Gasteiger partial charge on any atom is -0.406 e. The van der Waals surface area contributed by atoms with Crippen molar-refractivity contribution in [2.45, 2.75) is 12.8 Å². The SMILES string of the molecule is O=C(/C=C/c1ccc(OC(F)(F)F)cc1)N1C[C@@H]2CCN(C(=O)c3ccc4n[nH]nc4c3)C[C@@H]2C1. The van der Waals surface area contributed by atoms with Crippen LogP contribution < -0.4 is 4.74 Å². The summed E-state index contributed by atoms with van der Waals surface area (Å²) in [5.41, 5.74) is 2.48. The van der Waals surface area contributed by atoms with E-state index in [2.05, 4.69) is 20.1 Å². The number of carbonyl (C=O) groups excluding carboxylic acids is 2. The molecule has 5 rings (SSSR count). The summed E-state index contributed by atoms with van der Waals surface area (Å²) in [6, 6.07) is 10.5. The number of nitrogens with zero attached hydrogens (tertiary/aromatic N) is 4. The first-order valence-corrected chi connectivity index (χ1v) is 11.2. The van der Waals surface area contributed by atoms with Crippen molar-refractivity contribution < 1.29 is 27.5 Å². The first-order valence-electron chi connectivity index (χ1n) is 11.2. The number of aromatic nitrogens is 3. The highest BCUT2D eigenvalue weighted by atomic mass is 19.4. The van der Waals surface area contributed by atoms with Crippen molar-refractivity contribution in [1.82, 2.24) is 25.2 Å². The monoisotopic (exact) mass is 485 g/mol. The zero-order valence-corrected chi connectivity index (χ0v) is 18.5.